The number of carbonyl (C=O) groups is 1. The Morgan fingerprint density at radius 2 is 1.97 bits per heavy atom. The number of hydrogen-bond donors (Lipinski definition) is 1. The molecule has 3 rings (SSSR count). The SMILES string of the molecule is CCOc1cc(C(=O)Nc2cc(C(F)(F)F)ccc2-n2cccn2)ccc1OC. The first kappa shape index (κ1) is 20.2. The van der Waals surface area contributed by atoms with E-state index in [9.17, 15) is 18.0 Å². The number of carbonyl (C=O) groups excluding carboxylic acids is 1. The van der Waals surface area contributed by atoms with Gasteiger partial charge in [-0.3, -0.25) is 4.79 Å². The van der Waals surface area contributed by atoms with Crippen LogP contribution in [0.4, 0.5) is 18.9 Å². The minimum absolute atomic E-state index is 0.0256. The van der Waals surface area contributed by atoms with Crippen LogP contribution in [-0.2, 0) is 6.18 Å². The van der Waals surface area contributed by atoms with Crippen molar-refractivity contribution in [2.75, 3.05) is 19.0 Å². The van der Waals surface area contributed by atoms with Crippen LogP contribution < -0.4 is 14.8 Å². The monoisotopic (exact) mass is 405 g/mol. The maximum atomic E-state index is 13.2. The highest BCUT2D eigenvalue weighted by Gasteiger charge is 2.31. The van der Waals surface area contributed by atoms with Gasteiger partial charge in [0, 0.05) is 18.0 Å². The average molecular weight is 405 g/mol. The summed E-state index contributed by atoms with van der Waals surface area (Å²) in [6.07, 6.45) is -1.50. The fourth-order valence-electron chi connectivity index (χ4n) is 2.70. The van der Waals surface area contributed by atoms with Crippen LogP contribution in [0.5, 0.6) is 11.5 Å². The quantitative estimate of drug-likeness (QED) is 0.654. The molecule has 1 N–H and O–H groups in total. The smallest absolute Gasteiger partial charge is 0.416 e. The molecule has 0 atom stereocenters. The summed E-state index contributed by atoms with van der Waals surface area (Å²) in [7, 11) is 1.47. The molecule has 0 bridgehead atoms. The summed E-state index contributed by atoms with van der Waals surface area (Å²) in [5.74, 6) is 0.208. The molecular formula is C20H18F3N3O3. The van der Waals surface area contributed by atoms with Gasteiger partial charge in [0.05, 0.1) is 30.7 Å². The second-order valence-electron chi connectivity index (χ2n) is 5.93. The molecule has 0 unspecified atom stereocenters. The van der Waals surface area contributed by atoms with Gasteiger partial charge in [-0.1, -0.05) is 0 Å². The van der Waals surface area contributed by atoms with E-state index in [1.54, 1.807) is 25.3 Å². The third kappa shape index (κ3) is 4.50. The summed E-state index contributed by atoms with van der Waals surface area (Å²) in [5, 5.41) is 6.57. The number of anilines is 1. The molecule has 0 aliphatic carbocycles. The maximum absolute atomic E-state index is 13.2. The number of benzene rings is 2. The Kier molecular flexibility index (Phi) is 5.76. The number of methoxy groups -OCH3 is 1. The van der Waals surface area contributed by atoms with Gasteiger partial charge in [0.1, 0.15) is 0 Å². The Bertz CT molecular complexity index is 1000. The van der Waals surface area contributed by atoms with Gasteiger partial charge < -0.3 is 14.8 Å². The van der Waals surface area contributed by atoms with Crippen molar-refractivity contribution in [3.05, 3.63) is 66.0 Å². The summed E-state index contributed by atoms with van der Waals surface area (Å²) in [5.41, 5.74) is -0.399. The number of nitrogens with one attached hydrogen (secondary N) is 1. The van der Waals surface area contributed by atoms with E-state index in [0.29, 0.717) is 23.8 Å². The van der Waals surface area contributed by atoms with Crippen molar-refractivity contribution >= 4 is 11.6 Å². The molecule has 6 nitrogen and oxygen atoms in total. The first-order valence-corrected chi connectivity index (χ1v) is 8.67. The molecular weight excluding hydrogens is 387 g/mol. The highest BCUT2D eigenvalue weighted by molar-refractivity contribution is 6.05. The van der Waals surface area contributed by atoms with Crippen molar-refractivity contribution < 1.29 is 27.4 Å². The molecule has 0 aliphatic heterocycles. The van der Waals surface area contributed by atoms with Crippen LogP contribution in [0.3, 0.4) is 0 Å². The van der Waals surface area contributed by atoms with E-state index in [1.165, 1.54) is 36.2 Å². The summed E-state index contributed by atoms with van der Waals surface area (Å²) in [6.45, 7) is 2.14. The van der Waals surface area contributed by atoms with Crippen LogP contribution in [0.2, 0.25) is 0 Å². The number of rotatable bonds is 6. The molecule has 0 radical (unpaired) electrons. The van der Waals surface area contributed by atoms with Gasteiger partial charge >= 0.3 is 6.18 Å². The van der Waals surface area contributed by atoms with Crippen molar-refractivity contribution in [2.45, 2.75) is 13.1 Å². The first-order valence-electron chi connectivity index (χ1n) is 8.67. The van der Waals surface area contributed by atoms with Gasteiger partial charge in [0.15, 0.2) is 11.5 Å². The van der Waals surface area contributed by atoms with E-state index in [0.717, 1.165) is 12.1 Å². The van der Waals surface area contributed by atoms with E-state index in [-0.39, 0.29) is 11.3 Å². The number of hydrogen-bond acceptors (Lipinski definition) is 4. The first-order chi connectivity index (χ1) is 13.8. The fourth-order valence-corrected chi connectivity index (χ4v) is 2.70. The molecule has 1 heterocycles. The van der Waals surface area contributed by atoms with E-state index in [1.807, 2.05) is 0 Å². The molecule has 152 valence electrons. The molecule has 2 aromatic carbocycles. The summed E-state index contributed by atoms with van der Waals surface area (Å²) in [6, 6.07) is 9.22. The molecule has 0 saturated carbocycles. The number of halogens is 3. The van der Waals surface area contributed by atoms with Crippen LogP contribution >= 0.6 is 0 Å². The number of alkyl halides is 3. The number of ether oxygens (including phenoxy) is 2. The van der Waals surface area contributed by atoms with Crippen LogP contribution in [-0.4, -0.2) is 29.4 Å². The van der Waals surface area contributed by atoms with Gasteiger partial charge in [-0.25, -0.2) is 4.68 Å². The van der Waals surface area contributed by atoms with Crippen LogP contribution in [0.25, 0.3) is 5.69 Å². The number of aromatic nitrogens is 2. The maximum Gasteiger partial charge on any atom is 0.416 e. The van der Waals surface area contributed by atoms with Crippen molar-refractivity contribution in [1.82, 2.24) is 9.78 Å². The Hall–Kier alpha value is -3.49. The Balaban J connectivity index is 1.98. The molecule has 0 aliphatic rings. The molecule has 3 aromatic rings. The summed E-state index contributed by atoms with van der Waals surface area (Å²) < 4.78 is 51.5. The zero-order valence-electron chi connectivity index (χ0n) is 15.7. The standard InChI is InChI=1S/C20H18F3N3O3/c1-3-29-18-11-13(5-8-17(18)28-2)19(27)25-15-12-14(20(21,22)23)6-7-16(15)26-10-4-9-24-26/h4-12H,3H2,1-2H3,(H,25,27). The largest absolute Gasteiger partial charge is 0.493 e. The van der Waals surface area contributed by atoms with Gasteiger partial charge in [0.2, 0.25) is 0 Å². The van der Waals surface area contributed by atoms with Crippen LogP contribution in [0.1, 0.15) is 22.8 Å². The molecule has 9 heteroatoms. The van der Waals surface area contributed by atoms with E-state index >= 15 is 0 Å². The Morgan fingerprint density at radius 1 is 1.17 bits per heavy atom. The van der Waals surface area contributed by atoms with Crippen molar-refractivity contribution in [1.29, 1.82) is 0 Å². The highest BCUT2D eigenvalue weighted by atomic mass is 19.4. The molecule has 0 spiro atoms. The third-order valence-corrected chi connectivity index (χ3v) is 4.05. The minimum Gasteiger partial charge on any atom is -0.493 e. The predicted octanol–water partition coefficient (Wildman–Crippen LogP) is 4.55. The van der Waals surface area contributed by atoms with E-state index in [4.69, 9.17) is 9.47 Å². The van der Waals surface area contributed by atoms with Crippen LogP contribution in [0, 0.1) is 0 Å². The Morgan fingerprint density at radius 3 is 2.59 bits per heavy atom. The summed E-state index contributed by atoms with van der Waals surface area (Å²) >= 11 is 0. The molecule has 1 amide bonds. The summed E-state index contributed by atoms with van der Waals surface area (Å²) in [4.78, 5) is 12.7. The molecule has 1 aromatic heterocycles. The van der Waals surface area contributed by atoms with Crippen molar-refractivity contribution in [3.8, 4) is 17.2 Å². The molecule has 29 heavy (non-hydrogen) atoms. The molecule has 0 saturated heterocycles. The normalized spacial score (nSPS) is 11.2. The lowest BCUT2D eigenvalue weighted by Crippen LogP contribution is -2.16. The topological polar surface area (TPSA) is 65.4 Å². The third-order valence-electron chi connectivity index (χ3n) is 4.05. The average Bonchev–Trinajstić information content (AvgIpc) is 3.22. The second kappa shape index (κ2) is 8.26. The fraction of sp³-hybridized carbons (Fsp3) is 0.200. The highest BCUT2D eigenvalue weighted by Crippen LogP contribution is 2.34. The lowest BCUT2D eigenvalue weighted by molar-refractivity contribution is -0.137. The lowest BCUT2D eigenvalue weighted by Gasteiger charge is -2.15. The van der Waals surface area contributed by atoms with Crippen molar-refractivity contribution in [2.24, 2.45) is 0 Å². The van der Waals surface area contributed by atoms with Crippen molar-refractivity contribution in [3.63, 3.8) is 0 Å². The lowest BCUT2D eigenvalue weighted by atomic mass is 10.1. The predicted molar refractivity (Wildman–Crippen MR) is 101 cm³/mol. The van der Waals surface area contributed by atoms with Gasteiger partial charge in [-0.15, -0.1) is 0 Å². The van der Waals surface area contributed by atoms with Gasteiger partial charge in [0.25, 0.3) is 5.91 Å². The van der Waals surface area contributed by atoms with E-state index < -0.39 is 17.6 Å². The zero-order valence-corrected chi connectivity index (χ0v) is 15.7. The zero-order chi connectivity index (χ0) is 21.0. The number of amides is 1. The molecule has 0 fully saturated rings. The minimum atomic E-state index is -4.55. The van der Waals surface area contributed by atoms with Gasteiger partial charge in [-0.2, -0.15) is 18.3 Å². The number of nitrogens with zero attached hydrogens (tertiary/aromatic N) is 2. The van der Waals surface area contributed by atoms with Crippen LogP contribution in [0.15, 0.2) is 54.9 Å². The Labute approximate surface area is 164 Å². The van der Waals surface area contributed by atoms with Gasteiger partial charge in [-0.05, 0) is 49.4 Å². The second-order valence-corrected chi connectivity index (χ2v) is 5.93. The van der Waals surface area contributed by atoms with E-state index in [2.05, 4.69) is 10.4 Å².